The Labute approximate surface area is 64.3 Å². The highest BCUT2D eigenvalue weighted by Crippen LogP contribution is 2.11. The van der Waals surface area contributed by atoms with Crippen molar-refractivity contribution in [2.75, 3.05) is 6.61 Å². The standard InChI is InChI=1S/C7H9NO3/c8-3-5-1-2-6(10)7(4-9)11-5/h1-2,5-7,9-10H,4H2. The van der Waals surface area contributed by atoms with E-state index in [2.05, 4.69) is 0 Å². The van der Waals surface area contributed by atoms with E-state index in [0.29, 0.717) is 0 Å². The van der Waals surface area contributed by atoms with Gasteiger partial charge in [0, 0.05) is 0 Å². The smallest absolute Gasteiger partial charge is 0.162 e. The van der Waals surface area contributed by atoms with Crippen molar-refractivity contribution in [3.63, 3.8) is 0 Å². The molecular weight excluding hydrogens is 146 g/mol. The summed E-state index contributed by atoms with van der Waals surface area (Å²) in [6.45, 7) is -0.274. The normalized spacial score (nSPS) is 36.6. The van der Waals surface area contributed by atoms with Crippen LogP contribution in [0.15, 0.2) is 12.2 Å². The molecule has 2 N–H and O–H groups in total. The quantitative estimate of drug-likeness (QED) is 0.485. The summed E-state index contributed by atoms with van der Waals surface area (Å²) in [6, 6.07) is 1.86. The fourth-order valence-electron chi connectivity index (χ4n) is 0.877. The van der Waals surface area contributed by atoms with Gasteiger partial charge in [-0.25, -0.2) is 0 Å². The third-order valence-corrected chi connectivity index (χ3v) is 1.49. The van der Waals surface area contributed by atoms with E-state index in [4.69, 9.17) is 20.2 Å². The summed E-state index contributed by atoms with van der Waals surface area (Å²) in [5.74, 6) is 0. The summed E-state index contributed by atoms with van der Waals surface area (Å²) in [7, 11) is 0. The first-order valence-corrected chi connectivity index (χ1v) is 3.30. The molecule has 3 unspecified atom stereocenters. The van der Waals surface area contributed by atoms with Crippen LogP contribution in [0.2, 0.25) is 0 Å². The molecule has 0 amide bonds. The van der Waals surface area contributed by atoms with E-state index in [-0.39, 0.29) is 6.61 Å². The Balaban J connectivity index is 2.61. The van der Waals surface area contributed by atoms with Gasteiger partial charge in [0.05, 0.1) is 12.7 Å². The number of hydrogen-bond acceptors (Lipinski definition) is 4. The van der Waals surface area contributed by atoms with Crippen molar-refractivity contribution in [2.45, 2.75) is 18.3 Å². The van der Waals surface area contributed by atoms with Crippen LogP contribution in [0.5, 0.6) is 0 Å². The second-order valence-corrected chi connectivity index (χ2v) is 2.28. The van der Waals surface area contributed by atoms with Crippen LogP contribution in [0, 0.1) is 11.3 Å². The second-order valence-electron chi connectivity index (χ2n) is 2.28. The topological polar surface area (TPSA) is 73.5 Å². The lowest BCUT2D eigenvalue weighted by molar-refractivity contribution is -0.0634. The van der Waals surface area contributed by atoms with Gasteiger partial charge < -0.3 is 14.9 Å². The van der Waals surface area contributed by atoms with Crippen LogP contribution < -0.4 is 0 Å². The number of nitrogens with zero attached hydrogens (tertiary/aromatic N) is 1. The van der Waals surface area contributed by atoms with Crippen molar-refractivity contribution in [3.8, 4) is 6.07 Å². The van der Waals surface area contributed by atoms with E-state index in [0.717, 1.165) is 0 Å². The van der Waals surface area contributed by atoms with Crippen LogP contribution in [-0.2, 0) is 4.74 Å². The number of aliphatic hydroxyl groups excluding tert-OH is 2. The molecule has 1 heterocycles. The van der Waals surface area contributed by atoms with Gasteiger partial charge in [-0.15, -0.1) is 0 Å². The Bertz CT molecular complexity index is 196. The second kappa shape index (κ2) is 3.49. The van der Waals surface area contributed by atoms with Crippen LogP contribution >= 0.6 is 0 Å². The van der Waals surface area contributed by atoms with Crippen LogP contribution in [0.3, 0.4) is 0 Å². The summed E-state index contributed by atoms with van der Waals surface area (Å²) in [4.78, 5) is 0. The highest BCUT2D eigenvalue weighted by atomic mass is 16.5. The molecule has 4 nitrogen and oxygen atoms in total. The third kappa shape index (κ3) is 1.77. The Morgan fingerprint density at radius 2 is 2.27 bits per heavy atom. The van der Waals surface area contributed by atoms with E-state index in [1.54, 1.807) is 0 Å². The summed E-state index contributed by atoms with van der Waals surface area (Å²) < 4.78 is 4.95. The van der Waals surface area contributed by atoms with Gasteiger partial charge in [0.2, 0.25) is 0 Å². The SMILES string of the molecule is N#CC1C=CC(O)C(CO)O1. The lowest BCUT2D eigenvalue weighted by atomic mass is 10.1. The molecule has 1 aliphatic rings. The average Bonchev–Trinajstić information content (AvgIpc) is 2.05. The summed E-state index contributed by atoms with van der Waals surface area (Å²) >= 11 is 0. The molecule has 0 fully saturated rings. The molecule has 0 radical (unpaired) electrons. The molecule has 0 saturated carbocycles. The van der Waals surface area contributed by atoms with Crippen molar-refractivity contribution >= 4 is 0 Å². The average molecular weight is 155 g/mol. The van der Waals surface area contributed by atoms with Crippen LogP contribution in [-0.4, -0.2) is 35.1 Å². The number of aliphatic hydroxyl groups is 2. The number of hydrogen-bond donors (Lipinski definition) is 2. The predicted octanol–water partition coefficient (Wildman–Crippen LogP) is -0.813. The highest BCUT2D eigenvalue weighted by Gasteiger charge is 2.24. The minimum atomic E-state index is -0.801. The molecule has 4 heteroatoms. The van der Waals surface area contributed by atoms with E-state index in [1.165, 1.54) is 12.2 Å². The maximum atomic E-state index is 9.10. The van der Waals surface area contributed by atoms with Crippen molar-refractivity contribution in [1.82, 2.24) is 0 Å². The molecule has 0 bridgehead atoms. The van der Waals surface area contributed by atoms with Gasteiger partial charge >= 0.3 is 0 Å². The molecule has 1 rings (SSSR count). The molecule has 0 spiro atoms. The summed E-state index contributed by atoms with van der Waals surface area (Å²) in [5.41, 5.74) is 0. The minimum Gasteiger partial charge on any atom is -0.394 e. The Morgan fingerprint density at radius 1 is 1.55 bits per heavy atom. The zero-order chi connectivity index (χ0) is 8.27. The number of nitriles is 1. The van der Waals surface area contributed by atoms with Gasteiger partial charge in [-0.05, 0) is 6.08 Å². The highest BCUT2D eigenvalue weighted by molar-refractivity contribution is 5.09. The number of ether oxygens (including phenoxy) is 1. The molecule has 3 atom stereocenters. The Hall–Kier alpha value is -0.890. The van der Waals surface area contributed by atoms with Crippen LogP contribution in [0.25, 0.3) is 0 Å². The van der Waals surface area contributed by atoms with Gasteiger partial charge in [0.15, 0.2) is 6.10 Å². The van der Waals surface area contributed by atoms with Crippen molar-refractivity contribution in [2.24, 2.45) is 0 Å². The maximum Gasteiger partial charge on any atom is 0.162 e. The Morgan fingerprint density at radius 3 is 2.82 bits per heavy atom. The van der Waals surface area contributed by atoms with Crippen LogP contribution in [0.1, 0.15) is 0 Å². The first-order valence-electron chi connectivity index (χ1n) is 3.30. The first-order chi connectivity index (χ1) is 5.27. The van der Waals surface area contributed by atoms with Gasteiger partial charge in [0.25, 0.3) is 0 Å². The van der Waals surface area contributed by atoms with Gasteiger partial charge in [-0.3, -0.25) is 0 Å². The molecule has 1 aliphatic heterocycles. The van der Waals surface area contributed by atoms with E-state index in [9.17, 15) is 0 Å². The lowest BCUT2D eigenvalue weighted by Gasteiger charge is -2.24. The van der Waals surface area contributed by atoms with Crippen molar-refractivity contribution < 1.29 is 14.9 Å². The molecule has 0 aromatic carbocycles. The fourth-order valence-corrected chi connectivity index (χ4v) is 0.877. The van der Waals surface area contributed by atoms with Gasteiger partial charge in [0.1, 0.15) is 12.2 Å². The third-order valence-electron chi connectivity index (χ3n) is 1.49. The van der Waals surface area contributed by atoms with E-state index >= 15 is 0 Å². The minimum absolute atomic E-state index is 0.274. The van der Waals surface area contributed by atoms with Gasteiger partial charge in [-0.1, -0.05) is 6.08 Å². The van der Waals surface area contributed by atoms with Crippen LogP contribution in [0.4, 0.5) is 0 Å². The zero-order valence-electron chi connectivity index (χ0n) is 5.84. The largest absolute Gasteiger partial charge is 0.394 e. The lowest BCUT2D eigenvalue weighted by Crippen LogP contribution is -2.37. The first kappa shape index (κ1) is 8.21. The van der Waals surface area contributed by atoms with Crippen molar-refractivity contribution in [3.05, 3.63) is 12.2 Å². The molecule has 0 aliphatic carbocycles. The predicted molar refractivity (Wildman–Crippen MR) is 36.5 cm³/mol. The summed E-state index contributed by atoms with van der Waals surface area (Å²) in [6.07, 6.45) is 0.819. The molecule has 0 saturated heterocycles. The number of rotatable bonds is 1. The summed E-state index contributed by atoms with van der Waals surface area (Å²) in [5, 5.41) is 26.1. The van der Waals surface area contributed by atoms with E-state index in [1.807, 2.05) is 6.07 Å². The molecule has 11 heavy (non-hydrogen) atoms. The monoisotopic (exact) mass is 155 g/mol. The zero-order valence-corrected chi connectivity index (χ0v) is 5.84. The molecular formula is C7H9NO3. The molecule has 0 aromatic heterocycles. The molecule has 0 aromatic rings. The maximum absolute atomic E-state index is 9.10. The van der Waals surface area contributed by atoms with Gasteiger partial charge in [-0.2, -0.15) is 5.26 Å². The fraction of sp³-hybridized carbons (Fsp3) is 0.571. The molecule has 60 valence electrons. The van der Waals surface area contributed by atoms with E-state index < -0.39 is 18.3 Å². The Kier molecular flexibility index (Phi) is 2.60. The van der Waals surface area contributed by atoms with Crippen molar-refractivity contribution in [1.29, 1.82) is 5.26 Å².